The highest BCUT2D eigenvalue weighted by Gasteiger charge is 2.28. The topological polar surface area (TPSA) is 32.3 Å². The third-order valence-corrected chi connectivity index (χ3v) is 4.63. The molecular formula is C21H24N2O. The third-order valence-electron chi connectivity index (χ3n) is 4.63. The van der Waals surface area contributed by atoms with Gasteiger partial charge >= 0.3 is 0 Å². The molecule has 0 radical (unpaired) electrons. The summed E-state index contributed by atoms with van der Waals surface area (Å²) in [5.41, 5.74) is 6.76. The minimum Gasteiger partial charge on any atom is -0.316 e. The van der Waals surface area contributed by atoms with Gasteiger partial charge in [0.1, 0.15) is 0 Å². The Labute approximate surface area is 144 Å². The molecule has 0 saturated carbocycles. The van der Waals surface area contributed by atoms with Gasteiger partial charge in [0.25, 0.3) is 0 Å². The Balaban J connectivity index is 2.00. The number of carbonyl (C=O) groups excluding carboxylic acids is 1. The maximum atomic E-state index is 12.0. The van der Waals surface area contributed by atoms with Gasteiger partial charge in [-0.15, -0.1) is 0 Å². The summed E-state index contributed by atoms with van der Waals surface area (Å²) in [5.74, 6) is 0.0837. The molecule has 0 saturated heterocycles. The predicted octanol–water partition coefficient (Wildman–Crippen LogP) is 4.23. The van der Waals surface area contributed by atoms with Gasteiger partial charge in [-0.25, -0.2) is 0 Å². The molecule has 24 heavy (non-hydrogen) atoms. The molecule has 0 fully saturated rings. The molecule has 1 heterocycles. The molecule has 0 bridgehead atoms. The van der Waals surface area contributed by atoms with E-state index in [0.29, 0.717) is 0 Å². The van der Waals surface area contributed by atoms with Crippen LogP contribution in [0.2, 0.25) is 0 Å². The first kappa shape index (κ1) is 16.5. The summed E-state index contributed by atoms with van der Waals surface area (Å²) in [7, 11) is 1.95. The first-order valence-electron chi connectivity index (χ1n) is 8.37. The van der Waals surface area contributed by atoms with Crippen molar-refractivity contribution in [1.82, 2.24) is 5.32 Å². The van der Waals surface area contributed by atoms with Crippen LogP contribution in [0.4, 0.5) is 5.69 Å². The molecule has 1 N–H and O–H groups in total. The number of anilines is 1. The van der Waals surface area contributed by atoms with E-state index < -0.39 is 0 Å². The van der Waals surface area contributed by atoms with Gasteiger partial charge in [-0.3, -0.25) is 4.79 Å². The van der Waals surface area contributed by atoms with Gasteiger partial charge in [0.15, 0.2) is 0 Å². The summed E-state index contributed by atoms with van der Waals surface area (Å²) in [6, 6.07) is 15.0. The number of hydrogen-bond donors (Lipinski definition) is 1. The van der Waals surface area contributed by atoms with Crippen LogP contribution in [0.15, 0.2) is 49.0 Å². The second-order valence-corrected chi connectivity index (χ2v) is 6.50. The molecule has 3 heteroatoms. The fraction of sp³-hybridized carbons (Fsp3) is 0.286. The van der Waals surface area contributed by atoms with Crippen molar-refractivity contribution >= 4 is 17.2 Å². The number of nitrogens with one attached hydrogen (secondary N) is 1. The summed E-state index contributed by atoms with van der Waals surface area (Å²) < 4.78 is 0. The van der Waals surface area contributed by atoms with Gasteiger partial charge in [-0.1, -0.05) is 36.9 Å². The number of benzene rings is 2. The molecule has 1 aliphatic heterocycles. The van der Waals surface area contributed by atoms with E-state index in [9.17, 15) is 4.79 Å². The van der Waals surface area contributed by atoms with Crippen molar-refractivity contribution < 1.29 is 4.79 Å². The molecule has 1 atom stereocenters. The van der Waals surface area contributed by atoms with Crippen molar-refractivity contribution in [2.45, 2.75) is 32.9 Å². The van der Waals surface area contributed by atoms with E-state index in [0.717, 1.165) is 35.4 Å². The minimum absolute atomic E-state index is 0.0837. The van der Waals surface area contributed by atoms with E-state index in [2.05, 4.69) is 61.3 Å². The molecule has 0 spiro atoms. The largest absolute Gasteiger partial charge is 0.316 e. The van der Waals surface area contributed by atoms with Crippen LogP contribution in [-0.4, -0.2) is 19.0 Å². The van der Waals surface area contributed by atoms with Gasteiger partial charge in [0.05, 0.1) is 5.69 Å². The maximum absolute atomic E-state index is 12.0. The number of amides is 1. The SMILES string of the molecule is C=C1C[C@H](C)N(C(C)=O)c2ccc(-c3ccc(CNC)cc3)cc21. The smallest absolute Gasteiger partial charge is 0.224 e. The molecule has 0 aliphatic carbocycles. The highest BCUT2D eigenvalue weighted by Crippen LogP contribution is 2.39. The van der Waals surface area contributed by atoms with Gasteiger partial charge < -0.3 is 10.2 Å². The zero-order valence-electron chi connectivity index (χ0n) is 14.6. The van der Waals surface area contributed by atoms with Crippen molar-refractivity contribution in [1.29, 1.82) is 0 Å². The maximum Gasteiger partial charge on any atom is 0.224 e. The van der Waals surface area contributed by atoms with Gasteiger partial charge in [-0.2, -0.15) is 0 Å². The molecule has 3 nitrogen and oxygen atoms in total. The lowest BCUT2D eigenvalue weighted by Gasteiger charge is -2.36. The van der Waals surface area contributed by atoms with E-state index >= 15 is 0 Å². The van der Waals surface area contributed by atoms with Crippen LogP contribution in [0.5, 0.6) is 0 Å². The van der Waals surface area contributed by atoms with Crippen molar-refractivity contribution in [3.05, 3.63) is 60.2 Å². The molecule has 1 aliphatic rings. The zero-order valence-corrected chi connectivity index (χ0v) is 14.6. The van der Waals surface area contributed by atoms with Gasteiger partial charge in [0.2, 0.25) is 5.91 Å². The highest BCUT2D eigenvalue weighted by atomic mass is 16.2. The van der Waals surface area contributed by atoms with E-state index in [-0.39, 0.29) is 11.9 Å². The second-order valence-electron chi connectivity index (χ2n) is 6.50. The number of fused-ring (bicyclic) bond motifs is 1. The summed E-state index contributed by atoms with van der Waals surface area (Å²) >= 11 is 0. The summed E-state index contributed by atoms with van der Waals surface area (Å²) in [4.78, 5) is 13.9. The zero-order chi connectivity index (χ0) is 17.3. The average molecular weight is 320 g/mol. The lowest BCUT2D eigenvalue weighted by Crippen LogP contribution is -2.40. The Kier molecular flexibility index (Phi) is 4.54. The van der Waals surface area contributed by atoms with Crippen LogP contribution >= 0.6 is 0 Å². The van der Waals surface area contributed by atoms with Crippen LogP contribution in [0.1, 0.15) is 31.4 Å². The molecule has 2 aromatic rings. The van der Waals surface area contributed by atoms with E-state index in [1.807, 2.05) is 11.9 Å². The summed E-state index contributed by atoms with van der Waals surface area (Å²) in [6.07, 6.45) is 0.817. The number of carbonyl (C=O) groups is 1. The lowest BCUT2D eigenvalue weighted by atomic mass is 9.89. The minimum atomic E-state index is 0.0837. The van der Waals surface area contributed by atoms with Crippen molar-refractivity contribution in [2.75, 3.05) is 11.9 Å². The van der Waals surface area contributed by atoms with E-state index in [1.54, 1.807) is 6.92 Å². The third kappa shape index (κ3) is 3.00. The number of hydrogen-bond acceptors (Lipinski definition) is 2. The Bertz CT molecular complexity index is 777. The molecule has 3 rings (SSSR count). The first-order chi connectivity index (χ1) is 11.5. The van der Waals surface area contributed by atoms with Crippen molar-refractivity contribution in [3.8, 4) is 11.1 Å². The van der Waals surface area contributed by atoms with Crippen LogP contribution < -0.4 is 10.2 Å². The molecule has 1 amide bonds. The average Bonchev–Trinajstić information content (AvgIpc) is 2.55. The standard InChI is InChI=1S/C21H24N2O/c1-14-11-15(2)23(16(3)24)21-10-9-19(12-20(14)21)18-7-5-17(6-8-18)13-22-4/h5-10,12,15,22H,1,11,13H2,2-4H3/t15-/m0/s1. The summed E-state index contributed by atoms with van der Waals surface area (Å²) in [6.45, 7) is 8.80. The summed E-state index contributed by atoms with van der Waals surface area (Å²) in [5, 5.41) is 3.16. The fourth-order valence-corrected chi connectivity index (χ4v) is 3.50. The van der Waals surface area contributed by atoms with E-state index in [1.165, 1.54) is 11.1 Å². The van der Waals surface area contributed by atoms with Crippen molar-refractivity contribution in [2.24, 2.45) is 0 Å². The highest BCUT2D eigenvalue weighted by molar-refractivity contribution is 5.98. The van der Waals surface area contributed by atoms with Gasteiger partial charge in [-0.05, 0) is 54.8 Å². The fourth-order valence-electron chi connectivity index (χ4n) is 3.50. The Morgan fingerprint density at radius 2 is 1.88 bits per heavy atom. The number of nitrogens with zero attached hydrogens (tertiary/aromatic N) is 1. The molecule has 124 valence electrons. The molecular weight excluding hydrogens is 296 g/mol. The Morgan fingerprint density at radius 1 is 1.21 bits per heavy atom. The van der Waals surface area contributed by atoms with Crippen molar-refractivity contribution in [3.63, 3.8) is 0 Å². The van der Waals surface area contributed by atoms with Crippen LogP contribution in [0.25, 0.3) is 16.7 Å². The van der Waals surface area contributed by atoms with Crippen LogP contribution in [-0.2, 0) is 11.3 Å². The lowest BCUT2D eigenvalue weighted by molar-refractivity contribution is -0.117. The Hall–Kier alpha value is -2.39. The monoisotopic (exact) mass is 320 g/mol. The number of rotatable bonds is 3. The molecule has 0 unspecified atom stereocenters. The quantitative estimate of drug-likeness (QED) is 0.918. The Morgan fingerprint density at radius 3 is 2.50 bits per heavy atom. The van der Waals surface area contributed by atoms with E-state index in [4.69, 9.17) is 0 Å². The predicted molar refractivity (Wildman–Crippen MR) is 101 cm³/mol. The van der Waals surface area contributed by atoms with Crippen LogP contribution in [0.3, 0.4) is 0 Å². The second kappa shape index (κ2) is 6.62. The molecule has 0 aromatic heterocycles. The normalized spacial score (nSPS) is 16.9. The first-order valence-corrected chi connectivity index (χ1v) is 8.37. The molecule has 2 aromatic carbocycles. The van der Waals surface area contributed by atoms with Gasteiger partial charge in [0, 0.05) is 25.1 Å². The van der Waals surface area contributed by atoms with Crippen LogP contribution in [0, 0.1) is 0 Å².